The van der Waals surface area contributed by atoms with Crippen molar-refractivity contribution in [1.82, 2.24) is 5.43 Å². The van der Waals surface area contributed by atoms with Crippen molar-refractivity contribution >= 4 is 23.5 Å². The van der Waals surface area contributed by atoms with E-state index in [4.69, 9.17) is 0 Å². The normalized spacial score (nSPS) is 10.7. The summed E-state index contributed by atoms with van der Waals surface area (Å²) >= 11 is 0. The van der Waals surface area contributed by atoms with E-state index >= 15 is 0 Å². The molecule has 0 fully saturated rings. The van der Waals surface area contributed by atoms with Gasteiger partial charge in [-0.25, -0.2) is 5.43 Å². The summed E-state index contributed by atoms with van der Waals surface area (Å²) in [5.41, 5.74) is 6.84. The van der Waals surface area contributed by atoms with Crippen molar-refractivity contribution < 1.29 is 9.72 Å². The topological polar surface area (TPSA) is 96.6 Å². The largest absolute Gasteiger partial charge is 0.376 e. The minimum Gasteiger partial charge on any atom is -0.376 e. The number of nitrogens with zero attached hydrogens (tertiary/aromatic N) is 2. The minimum atomic E-state index is -0.492. The summed E-state index contributed by atoms with van der Waals surface area (Å²) in [5, 5.41) is 17.8. The summed E-state index contributed by atoms with van der Waals surface area (Å²) in [6.45, 7) is 6.03. The van der Waals surface area contributed by atoms with E-state index < -0.39 is 4.92 Å². The Labute approximate surface area is 145 Å². The van der Waals surface area contributed by atoms with E-state index in [1.165, 1.54) is 17.8 Å². The number of nitro benzene ring substituents is 1. The summed E-state index contributed by atoms with van der Waals surface area (Å²) in [6.07, 6.45) is 1.26. The smallest absolute Gasteiger partial charge is 0.278 e. The van der Waals surface area contributed by atoms with Crippen molar-refractivity contribution in [1.29, 1.82) is 0 Å². The van der Waals surface area contributed by atoms with Crippen molar-refractivity contribution in [2.45, 2.75) is 20.8 Å². The van der Waals surface area contributed by atoms with Gasteiger partial charge in [0.1, 0.15) is 0 Å². The van der Waals surface area contributed by atoms with Crippen molar-refractivity contribution in [3.05, 3.63) is 68.8 Å². The van der Waals surface area contributed by atoms with Crippen LogP contribution >= 0.6 is 0 Å². The van der Waals surface area contributed by atoms with Crippen LogP contribution in [-0.4, -0.2) is 23.6 Å². The number of nitrogens with one attached hydrogen (secondary N) is 2. The second-order valence-corrected chi connectivity index (χ2v) is 5.74. The fourth-order valence-corrected chi connectivity index (χ4v) is 2.60. The molecule has 0 unspecified atom stereocenters. The first-order valence-corrected chi connectivity index (χ1v) is 7.75. The van der Waals surface area contributed by atoms with Crippen LogP contribution in [0.15, 0.2) is 41.5 Å². The number of carbonyl (C=O) groups excluding carboxylic acids is 1. The zero-order valence-corrected chi connectivity index (χ0v) is 14.4. The number of rotatable bonds is 6. The molecule has 0 aromatic heterocycles. The third-order valence-electron chi connectivity index (χ3n) is 3.63. The lowest BCUT2D eigenvalue weighted by molar-refractivity contribution is -0.385. The van der Waals surface area contributed by atoms with Crippen LogP contribution in [0.2, 0.25) is 0 Å². The molecule has 130 valence electrons. The average Bonchev–Trinajstić information content (AvgIpc) is 2.54. The van der Waals surface area contributed by atoms with Crippen LogP contribution in [0.5, 0.6) is 0 Å². The second kappa shape index (κ2) is 8.05. The number of anilines is 1. The summed E-state index contributed by atoms with van der Waals surface area (Å²) in [7, 11) is 0. The zero-order chi connectivity index (χ0) is 18.4. The number of hydrogen-bond donors (Lipinski definition) is 2. The monoisotopic (exact) mass is 340 g/mol. The molecule has 0 aliphatic heterocycles. The van der Waals surface area contributed by atoms with Crippen LogP contribution in [0.1, 0.15) is 22.3 Å². The summed E-state index contributed by atoms with van der Waals surface area (Å²) in [5.74, 6) is -0.339. The molecular formula is C18H20N4O3. The molecule has 2 aromatic carbocycles. The first-order valence-electron chi connectivity index (χ1n) is 7.75. The van der Waals surface area contributed by atoms with E-state index in [9.17, 15) is 14.9 Å². The van der Waals surface area contributed by atoms with Gasteiger partial charge in [0.2, 0.25) is 0 Å². The molecule has 0 aliphatic rings. The molecule has 25 heavy (non-hydrogen) atoms. The van der Waals surface area contributed by atoms with Crippen molar-refractivity contribution in [2.24, 2.45) is 5.10 Å². The Morgan fingerprint density at radius 3 is 2.48 bits per heavy atom. The van der Waals surface area contributed by atoms with Gasteiger partial charge in [-0.3, -0.25) is 14.9 Å². The Bertz CT molecular complexity index is 808. The lowest BCUT2D eigenvalue weighted by Crippen LogP contribution is -2.26. The first kappa shape index (κ1) is 18.1. The maximum atomic E-state index is 11.9. The third kappa shape index (κ3) is 4.87. The molecule has 2 aromatic rings. The molecular weight excluding hydrogens is 320 g/mol. The van der Waals surface area contributed by atoms with Gasteiger partial charge in [-0.1, -0.05) is 29.8 Å². The maximum Gasteiger partial charge on any atom is 0.278 e. The molecule has 0 atom stereocenters. The molecule has 0 bridgehead atoms. The molecule has 0 spiro atoms. The van der Waals surface area contributed by atoms with Gasteiger partial charge in [-0.15, -0.1) is 0 Å². The predicted octanol–water partition coefficient (Wildman–Crippen LogP) is 3.08. The van der Waals surface area contributed by atoms with Crippen LogP contribution in [0, 0.1) is 30.9 Å². The summed E-state index contributed by atoms with van der Waals surface area (Å²) < 4.78 is 0. The SMILES string of the molecule is Cc1cc(C)c(NCC(=O)N/N=C\c2ccccc2[N+](=O)[O-])c(C)c1. The lowest BCUT2D eigenvalue weighted by Gasteiger charge is -2.13. The molecule has 0 saturated carbocycles. The zero-order valence-electron chi connectivity index (χ0n) is 14.4. The van der Waals surface area contributed by atoms with Gasteiger partial charge < -0.3 is 5.32 Å². The van der Waals surface area contributed by atoms with Gasteiger partial charge in [0.05, 0.1) is 23.2 Å². The van der Waals surface area contributed by atoms with E-state index in [0.717, 1.165) is 16.8 Å². The predicted molar refractivity (Wildman–Crippen MR) is 98.0 cm³/mol. The molecule has 0 radical (unpaired) electrons. The van der Waals surface area contributed by atoms with E-state index in [-0.39, 0.29) is 18.1 Å². The fourth-order valence-electron chi connectivity index (χ4n) is 2.60. The van der Waals surface area contributed by atoms with Gasteiger partial charge in [0.25, 0.3) is 11.6 Å². The minimum absolute atomic E-state index is 0.0545. The van der Waals surface area contributed by atoms with Crippen LogP contribution in [0.3, 0.4) is 0 Å². The van der Waals surface area contributed by atoms with E-state index in [1.807, 2.05) is 32.9 Å². The molecule has 7 nitrogen and oxygen atoms in total. The number of benzene rings is 2. The van der Waals surface area contributed by atoms with Crippen molar-refractivity contribution in [2.75, 3.05) is 11.9 Å². The highest BCUT2D eigenvalue weighted by atomic mass is 16.6. The summed E-state index contributed by atoms with van der Waals surface area (Å²) in [4.78, 5) is 22.3. The van der Waals surface area contributed by atoms with E-state index in [0.29, 0.717) is 5.56 Å². The number of nitro groups is 1. The standard InChI is InChI=1S/C18H20N4O3/c1-12-8-13(2)18(14(3)9-12)19-11-17(23)21-20-10-15-6-4-5-7-16(15)22(24)25/h4-10,19H,11H2,1-3H3,(H,21,23)/b20-10-. The van der Waals surface area contributed by atoms with Gasteiger partial charge in [0.15, 0.2) is 0 Å². The number of carbonyl (C=O) groups is 1. The first-order chi connectivity index (χ1) is 11.9. The maximum absolute atomic E-state index is 11.9. The molecule has 0 saturated heterocycles. The van der Waals surface area contributed by atoms with Gasteiger partial charge in [-0.05, 0) is 38.0 Å². The molecule has 7 heteroatoms. The Morgan fingerprint density at radius 2 is 1.84 bits per heavy atom. The number of amides is 1. The van der Waals surface area contributed by atoms with E-state index in [1.54, 1.807) is 18.2 Å². The van der Waals surface area contributed by atoms with E-state index in [2.05, 4.69) is 15.8 Å². The Kier molecular flexibility index (Phi) is 5.84. The van der Waals surface area contributed by atoms with Crippen LogP contribution in [0.4, 0.5) is 11.4 Å². The van der Waals surface area contributed by atoms with Crippen molar-refractivity contribution in [3.8, 4) is 0 Å². The van der Waals surface area contributed by atoms with Crippen LogP contribution in [0.25, 0.3) is 0 Å². The highest BCUT2D eigenvalue weighted by molar-refractivity contribution is 5.87. The molecule has 0 aliphatic carbocycles. The lowest BCUT2D eigenvalue weighted by atomic mass is 10.1. The highest BCUT2D eigenvalue weighted by Gasteiger charge is 2.10. The number of aryl methyl sites for hydroxylation is 3. The average molecular weight is 340 g/mol. The summed E-state index contributed by atoms with van der Waals surface area (Å²) in [6, 6.07) is 10.3. The van der Waals surface area contributed by atoms with Crippen LogP contribution in [-0.2, 0) is 4.79 Å². The molecule has 2 N–H and O–H groups in total. The quantitative estimate of drug-likeness (QED) is 0.480. The number of hydrogen-bond acceptors (Lipinski definition) is 5. The van der Waals surface area contributed by atoms with Gasteiger partial charge >= 0.3 is 0 Å². The Balaban J connectivity index is 1.95. The number of para-hydroxylation sites is 1. The second-order valence-electron chi connectivity index (χ2n) is 5.74. The molecule has 0 heterocycles. The van der Waals surface area contributed by atoms with Gasteiger partial charge in [0, 0.05) is 11.8 Å². The Morgan fingerprint density at radius 1 is 1.20 bits per heavy atom. The number of hydrazone groups is 1. The molecule has 1 amide bonds. The van der Waals surface area contributed by atoms with Crippen LogP contribution < -0.4 is 10.7 Å². The Hall–Kier alpha value is -3.22. The fraction of sp³-hybridized carbons (Fsp3) is 0.222. The van der Waals surface area contributed by atoms with Crippen molar-refractivity contribution in [3.63, 3.8) is 0 Å². The van der Waals surface area contributed by atoms with Gasteiger partial charge in [-0.2, -0.15) is 5.10 Å². The molecule has 2 rings (SSSR count). The third-order valence-corrected chi connectivity index (χ3v) is 3.63. The highest BCUT2D eigenvalue weighted by Crippen LogP contribution is 2.21.